The van der Waals surface area contributed by atoms with Crippen LogP contribution in [0.1, 0.15) is 40.9 Å². The number of anilines is 1. The average Bonchev–Trinajstić information content (AvgIpc) is 2.57. The second kappa shape index (κ2) is 6.39. The van der Waals surface area contributed by atoms with E-state index in [0.29, 0.717) is 22.8 Å². The van der Waals surface area contributed by atoms with Gasteiger partial charge in [-0.15, -0.1) is 0 Å². The first-order valence-electron chi connectivity index (χ1n) is 8.64. The van der Waals surface area contributed by atoms with Crippen LogP contribution in [0.4, 0.5) is 5.82 Å². The van der Waals surface area contributed by atoms with E-state index in [1.54, 1.807) is 6.07 Å². The first kappa shape index (κ1) is 17.6. The SMILES string of the molecule is Cc1cc(N2CCC3(CC2)CC(=O)c2cc(Cl)c(C)cc2O3)nc(Cl)n1. The molecule has 1 saturated heterocycles. The Bertz CT molecular complexity index is 872. The Hall–Kier alpha value is -1.85. The van der Waals surface area contributed by atoms with Crippen LogP contribution in [-0.2, 0) is 0 Å². The molecule has 7 heteroatoms. The number of ketones is 1. The Morgan fingerprint density at radius 1 is 1.12 bits per heavy atom. The molecule has 4 rings (SSSR count). The topological polar surface area (TPSA) is 55.3 Å². The van der Waals surface area contributed by atoms with Crippen molar-refractivity contribution in [2.75, 3.05) is 18.0 Å². The largest absolute Gasteiger partial charge is 0.486 e. The van der Waals surface area contributed by atoms with Crippen LogP contribution in [0.15, 0.2) is 18.2 Å². The van der Waals surface area contributed by atoms with Gasteiger partial charge in [-0.1, -0.05) is 11.6 Å². The van der Waals surface area contributed by atoms with Crippen molar-refractivity contribution in [2.24, 2.45) is 0 Å². The summed E-state index contributed by atoms with van der Waals surface area (Å²) in [6, 6.07) is 5.52. The van der Waals surface area contributed by atoms with Gasteiger partial charge in [-0.25, -0.2) is 9.97 Å². The highest BCUT2D eigenvalue weighted by atomic mass is 35.5. The van der Waals surface area contributed by atoms with Crippen LogP contribution < -0.4 is 9.64 Å². The van der Waals surface area contributed by atoms with E-state index in [-0.39, 0.29) is 11.1 Å². The summed E-state index contributed by atoms with van der Waals surface area (Å²) in [4.78, 5) is 23.3. The highest BCUT2D eigenvalue weighted by Gasteiger charge is 2.43. The van der Waals surface area contributed by atoms with Gasteiger partial charge in [-0.2, -0.15) is 0 Å². The maximum Gasteiger partial charge on any atom is 0.224 e. The summed E-state index contributed by atoms with van der Waals surface area (Å²) in [6.45, 7) is 5.32. The Balaban J connectivity index is 1.55. The Labute approximate surface area is 162 Å². The van der Waals surface area contributed by atoms with E-state index < -0.39 is 5.60 Å². The lowest BCUT2D eigenvalue weighted by Gasteiger charge is -2.44. The number of Topliss-reactive ketones (excluding diaryl/α,β-unsaturated/α-hetero) is 1. The zero-order chi connectivity index (χ0) is 18.5. The van der Waals surface area contributed by atoms with Gasteiger partial charge in [-0.05, 0) is 43.1 Å². The summed E-state index contributed by atoms with van der Waals surface area (Å²) in [7, 11) is 0. The van der Waals surface area contributed by atoms with Gasteiger partial charge >= 0.3 is 0 Å². The number of hydrogen-bond donors (Lipinski definition) is 0. The third-order valence-corrected chi connectivity index (χ3v) is 5.76. The van der Waals surface area contributed by atoms with Gasteiger partial charge in [-0.3, -0.25) is 4.79 Å². The van der Waals surface area contributed by atoms with Crippen LogP contribution in [0.2, 0.25) is 10.3 Å². The quantitative estimate of drug-likeness (QED) is 0.674. The second-order valence-electron chi connectivity index (χ2n) is 7.11. The number of rotatable bonds is 1. The number of fused-ring (bicyclic) bond motifs is 1. The van der Waals surface area contributed by atoms with E-state index in [1.165, 1.54) is 0 Å². The maximum absolute atomic E-state index is 12.7. The molecule has 1 aromatic heterocycles. The van der Waals surface area contributed by atoms with E-state index in [2.05, 4.69) is 14.9 Å². The molecule has 0 unspecified atom stereocenters. The molecule has 1 aromatic carbocycles. The number of aromatic nitrogens is 2. The molecule has 0 amide bonds. The summed E-state index contributed by atoms with van der Waals surface area (Å²) < 4.78 is 6.33. The minimum absolute atomic E-state index is 0.0996. The van der Waals surface area contributed by atoms with Crippen LogP contribution in [0.25, 0.3) is 0 Å². The molecule has 1 spiro atoms. The van der Waals surface area contributed by atoms with E-state index in [0.717, 1.165) is 43.0 Å². The number of ether oxygens (including phenoxy) is 1. The maximum atomic E-state index is 12.7. The van der Waals surface area contributed by atoms with Crippen LogP contribution in [-0.4, -0.2) is 34.4 Å². The van der Waals surface area contributed by atoms with Gasteiger partial charge in [0, 0.05) is 42.7 Å². The molecular weight excluding hydrogens is 373 g/mol. The van der Waals surface area contributed by atoms with Gasteiger partial charge in [0.05, 0.1) is 12.0 Å². The fourth-order valence-corrected chi connectivity index (χ4v) is 4.10. The number of carbonyl (C=O) groups excluding carboxylic acids is 1. The third kappa shape index (κ3) is 3.14. The van der Waals surface area contributed by atoms with Crippen LogP contribution in [0.3, 0.4) is 0 Å². The predicted molar refractivity (Wildman–Crippen MR) is 102 cm³/mol. The highest BCUT2D eigenvalue weighted by molar-refractivity contribution is 6.31. The van der Waals surface area contributed by atoms with Gasteiger partial charge < -0.3 is 9.64 Å². The predicted octanol–water partition coefficient (Wildman–Crippen LogP) is 4.40. The van der Waals surface area contributed by atoms with Gasteiger partial charge in [0.1, 0.15) is 17.2 Å². The zero-order valence-corrected chi connectivity index (χ0v) is 16.2. The van der Waals surface area contributed by atoms with Crippen molar-refractivity contribution in [3.8, 4) is 5.75 Å². The first-order chi connectivity index (χ1) is 12.3. The van der Waals surface area contributed by atoms with Crippen molar-refractivity contribution in [3.63, 3.8) is 0 Å². The van der Waals surface area contributed by atoms with Gasteiger partial charge in [0.25, 0.3) is 0 Å². The molecule has 5 nitrogen and oxygen atoms in total. The molecule has 2 aliphatic heterocycles. The van der Waals surface area contributed by atoms with E-state index in [4.69, 9.17) is 27.9 Å². The molecule has 3 heterocycles. The summed E-state index contributed by atoms with van der Waals surface area (Å²) in [5.41, 5.74) is 1.89. The van der Waals surface area contributed by atoms with Crippen LogP contribution >= 0.6 is 23.2 Å². The molecular formula is C19H19Cl2N3O2. The zero-order valence-electron chi connectivity index (χ0n) is 14.7. The van der Waals surface area contributed by atoms with Crippen molar-refractivity contribution in [1.82, 2.24) is 9.97 Å². The van der Waals surface area contributed by atoms with Gasteiger partial charge in [0.2, 0.25) is 5.28 Å². The minimum atomic E-state index is -0.452. The lowest BCUT2D eigenvalue weighted by Crippen LogP contribution is -2.51. The molecule has 0 bridgehead atoms. The highest BCUT2D eigenvalue weighted by Crippen LogP contribution is 2.41. The summed E-state index contributed by atoms with van der Waals surface area (Å²) in [5, 5.41) is 0.855. The normalized spacial score (nSPS) is 18.6. The van der Waals surface area contributed by atoms with Crippen molar-refractivity contribution >= 4 is 34.8 Å². The van der Waals surface area contributed by atoms with Crippen molar-refractivity contribution in [1.29, 1.82) is 0 Å². The second-order valence-corrected chi connectivity index (χ2v) is 7.85. The fourth-order valence-electron chi connectivity index (χ4n) is 3.72. The third-order valence-electron chi connectivity index (χ3n) is 5.18. The lowest BCUT2D eigenvalue weighted by atomic mass is 9.82. The summed E-state index contributed by atoms with van der Waals surface area (Å²) in [6.07, 6.45) is 1.89. The smallest absolute Gasteiger partial charge is 0.224 e. The van der Waals surface area contributed by atoms with Crippen LogP contribution in [0, 0.1) is 13.8 Å². The van der Waals surface area contributed by atoms with E-state index >= 15 is 0 Å². The number of halogens is 2. The minimum Gasteiger partial charge on any atom is -0.486 e. The monoisotopic (exact) mass is 391 g/mol. The number of piperidine rings is 1. The average molecular weight is 392 g/mol. The van der Waals surface area contributed by atoms with Crippen LogP contribution in [0.5, 0.6) is 5.75 Å². The number of hydrogen-bond acceptors (Lipinski definition) is 5. The number of carbonyl (C=O) groups is 1. The molecule has 0 aliphatic carbocycles. The van der Waals surface area contributed by atoms with Crippen molar-refractivity contribution < 1.29 is 9.53 Å². The van der Waals surface area contributed by atoms with Crippen molar-refractivity contribution in [2.45, 2.75) is 38.7 Å². The Kier molecular flexibility index (Phi) is 4.32. The summed E-state index contributed by atoms with van der Waals surface area (Å²) >= 11 is 12.1. The molecule has 26 heavy (non-hydrogen) atoms. The van der Waals surface area contributed by atoms with E-state index in [1.807, 2.05) is 26.0 Å². The standard InChI is InChI=1S/C19H19Cl2N3O2/c1-11-7-16-13(9-14(11)20)15(25)10-19(26-16)3-5-24(6-4-19)17-8-12(2)22-18(21)23-17/h7-9H,3-6,10H2,1-2H3. The fraction of sp³-hybridized carbons (Fsp3) is 0.421. The first-order valence-corrected chi connectivity index (χ1v) is 9.39. The van der Waals surface area contributed by atoms with Crippen molar-refractivity contribution in [3.05, 3.63) is 45.3 Å². The molecule has 0 radical (unpaired) electrons. The Morgan fingerprint density at radius 2 is 1.85 bits per heavy atom. The molecule has 2 aromatic rings. The molecule has 0 saturated carbocycles. The lowest BCUT2D eigenvalue weighted by molar-refractivity contribution is 0.0231. The number of nitrogens with zero attached hydrogens (tertiary/aromatic N) is 3. The molecule has 2 aliphatic rings. The number of benzene rings is 1. The molecule has 0 atom stereocenters. The Morgan fingerprint density at radius 3 is 2.54 bits per heavy atom. The van der Waals surface area contributed by atoms with E-state index in [9.17, 15) is 4.79 Å². The molecule has 0 N–H and O–H groups in total. The molecule has 136 valence electrons. The molecule has 1 fully saturated rings. The summed E-state index contributed by atoms with van der Waals surface area (Å²) in [5.74, 6) is 1.57. The van der Waals surface area contributed by atoms with Gasteiger partial charge in [0.15, 0.2) is 5.78 Å². The number of aryl methyl sites for hydroxylation is 2.